The molecule has 0 unspecified atom stereocenters. The molecule has 68 valence electrons. The lowest BCUT2D eigenvalue weighted by Gasteiger charge is -2.09. The summed E-state index contributed by atoms with van der Waals surface area (Å²) < 4.78 is 2.74. The van der Waals surface area contributed by atoms with Crippen LogP contribution in [0.2, 0.25) is 0 Å². The highest BCUT2D eigenvalue weighted by molar-refractivity contribution is 8.00. The van der Waals surface area contributed by atoms with Crippen LogP contribution < -0.4 is 0 Å². The van der Waals surface area contributed by atoms with E-state index in [1.54, 1.807) is 6.92 Å². The van der Waals surface area contributed by atoms with Gasteiger partial charge in [0.25, 0.3) is 0 Å². The molecule has 0 spiro atoms. The van der Waals surface area contributed by atoms with E-state index in [-0.39, 0.29) is 5.97 Å². The average Bonchev–Trinajstić information content (AvgIpc) is 1.88. The van der Waals surface area contributed by atoms with Gasteiger partial charge >= 0.3 is 5.97 Å². The van der Waals surface area contributed by atoms with Gasteiger partial charge in [-0.3, -0.25) is 4.79 Å². The van der Waals surface area contributed by atoms with Crippen LogP contribution in [0, 0.1) is 0 Å². The minimum atomic E-state index is -1.07. The Labute approximate surface area is 82.9 Å². The van der Waals surface area contributed by atoms with Crippen molar-refractivity contribution in [2.45, 2.75) is 24.5 Å². The third-order valence-electron chi connectivity index (χ3n) is 0.603. The molecule has 11 heavy (non-hydrogen) atoms. The van der Waals surface area contributed by atoms with E-state index in [0.29, 0.717) is 6.42 Å². The van der Waals surface area contributed by atoms with E-state index in [1.165, 1.54) is 6.92 Å². The zero-order chi connectivity index (χ0) is 9.49. The number of hydrogen-bond acceptors (Lipinski definition) is 6. The van der Waals surface area contributed by atoms with E-state index in [4.69, 9.17) is 5.11 Å². The van der Waals surface area contributed by atoms with Gasteiger partial charge in [-0.1, -0.05) is 6.92 Å². The average molecular weight is 216 g/mol. The standard InChI is InChI=1S/C3H8OS2.C2H4O2S/c1-2-3(4,5)6;1-2(3)4-5/h4-6H,2H2,1H3;5H,1H3. The molecule has 0 rings (SSSR count). The van der Waals surface area contributed by atoms with E-state index in [2.05, 4.69) is 42.4 Å². The summed E-state index contributed by atoms with van der Waals surface area (Å²) in [4.78, 5) is 9.51. The van der Waals surface area contributed by atoms with Gasteiger partial charge < -0.3 is 9.29 Å². The molecule has 0 atom stereocenters. The third-order valence-corrected chi connectivity index (χ3v) is 1.49. The maximum Gasteiger partial charge on any atom is 0.314 e. The van der Waals surface area contributed by atoms with Crippen molar-refractivity contribution in [3.8, 4) is 0 Å². The van der Waals surface area contributed by atoms with Gasteiger partial charge in [0, 0.05) is 19.8 Å². The van der Waals surface area contributed by atoms with Crippen LogP contribution in [0.1, 0.15) is 20.3 Å². The van der Waals surface area contributed by atoms with Crippen LogP contribution >= 0.6 is 38.2 Å². The van der Waals surface area contributed by atoms with Crippen molar-refractivity contribution in [1.29, 1.82) is 0 Å². The van der Waals surface area contributed by atoms with E-state index >= 15 is 0 Å². The third kappa shape index (κ3) is 25.1. The molecule has 0 aromatic carbocycles. The SMILES string of the molecule is CC(=O)OS.CCC(O)(S)S. The molecule has 0 fully saturated rings. The Morgan fingerprint density at radius 2 is 1.82 bits per heavy atom. The second kappa shape index (κ2) is 7.15. The van der Waals surface area contributed by atoms with Crippen molar-refractivity contribution in [2.75, 3.05) is 0 Å². The molecule has 1 N–H and O–H groups in total. The maximum atomic E-state index is 9.51. The fourth-order valence-electron chi connectivity index (χ4n) is 0. The minimum absolute atomic E-state index is 0.381. The molecule has 0 radical (unpaired) electrons. The van der Waals surface area contributed by atoms with Gasteiger partial charge in [0.15, 0.2) is 4.27 Å². The summed E-state index contributed by atoms with van der Waals surface area (Å²) in [5.74, 6) is -0.381. The molecular formula is C5H12O3S3. The number of thiol groups is 3. The minimum Gasteiger partial charge on any atom is -0.395 e. The molecule has 0 aromatic rings. The quantitative estimate of drug-likeness (QED) is 0.303. The molecule has 0 aromatic heterocycles. The van der Waals surface area contributed by atoms with Crippen molar-refractivity contribution in [2.24, 2.45) is 0 Å². The Morgan fingerprint density at radius 3 is 1.82 bits per heavy atom. The van der Waals surface area contributed by atoms with Crippen LogP contribution in [-0.2, 0) is 8.98 Å². The molecular weight excluding hydrogens is 204 g/mol. The Morgan fingerprint density at radius 1 is 1.64 bits per heavy atom. The van der Waals surface area contributed by atoms with Gasteiger partial charge in [-0.2, -0.15) is 0 Å². The molecule has 0 amide bonds. The Hall–Kier alpha value is 0.480. The molecule has 0 saturated carbocycles. The van der Waals surface area contributed by atoms with Crippen LogP contribution in [0.25, 0.3) is 0 Å². The normalized spacial score (nSPS) is 9.64. The largest absolute Gasteiger partial charge is 0.395 e. The van der Waals surface area contributed by atoms with Gasteiger partial charge in [0.2, 0.25) is 0 Å². The zero-order valence-corrected chi connectivity index (χ0v) is 9.00. The number of carbonyl (C=O) groups is 1. The van der Waals surface area contributed by atoms with E-state index in [0.717, 1.165) is 0 Å². The van der Waals surface area contributed by atoms with Crippen LogP contribution in [0.4, 0.5) is 0 Å². The number of rotatable bonds is 1. The molecule has 0 aliphatic heterocycles. The second-order valence-electron chi connectivity index (χ2n) is 1.71. The predicted octanol–water partition coefficient (Wildman–Crippen LogP) is 1.30. The molecule has 0 aliphatic rings. The Balaban J connectivity index is 0. The molecule has 0 aliphatic carbocycles. The van der Waals surface area contributed by atoms with Gasteiger partial charge in [-0.25, -0.2) is 0 Å². The molecule has 0 heterocycles. The lowest BCUT2D eigenvalue weighted by atomic mass is 10.5. The van der Waals surface area contributed by atoms with Crippen molar-refractivity contribution < 1.29 is 14.1 Å². The van der Waals surface area contributed by atoms with E-state index in [1.807, 2.05) is 0 Å². The summed E-state index contributed by atoms with van der Waals surface area (Å²) in [6.07, 6.45) is 0.555. The van der Waals surface area contributed by atoms with Crippen molar-refractivity contribution >= 4 is 44.1 Å². The topological polar surface area (TPSA) is 46.5 Å². The first-order valence-electron chi connectivity index (χ1n) is 2.82. The molecule has 0 saturated heterocycles. The smallest absolute Gasteiger partial charge is 0.314 e. The van der Waals surface area contributed by atoms with Gasteiger partial charge in [0.05, 0.1) is 0 Å². The van der Waals surface area contributed by atoms with Gasteiger partial charge in [-0.05, 0) is 6.42 Å². The Kier molecular flexibility index (Phi) is 9.11. The predicted molar refractivity (Wildman–Crippen MR) is 54.0 cm³/mol. The highest BCUT2D eigenvalue weighted by Crippen LogP contribution is 2.17. The Bertz CT molecular complexity index is 110. The van der Waals surface area contributed by atoms with E-state index < -0.39 is 4.27 Å². The maximum absolute atomic E-state index is 9.51. The summed E-state index contributed by atoms with van der Waals surface area (Å²) >= 11 is 10.5. The molecule has 0 bridgehead atoms. The van der Waals surface area contributed by atoms with E-state index in [9.17, 15) is 4.79 Å². The summed E-state index contributed by atoms with van der Waals surface area (Å²) in [7, 11) is 0. The van der Waals surface area contributed by atoms with Crippen molar-refractivity contribution in [3.63, 3.8) is 0 Å². The number of hydrogen-bond donors (Lipinski definition) is 4. The summed E-state index contributed by atoms with van der Waals surface area (Å²) in [6.45, 7) is 3.09. The van der Waals surface area contributed by atoms with Crippen LogP contribution in [-0.4, -0.2) is 15.3 Å². The van der Waals surface area contributed by atoms with Crippen LogP contribution in [0.5, 0.6) is 0 Å². The first kappa shape index (κ1) is 14.0. The summed E-state index contributed by atoms with van der Waals surface area (Å²) in [6, 6.07) is 0. The van der Waals surface area contributed by atoms with Crippen molar-refractivity contribution in [3.05, 3.63) is 0 Å². The lowest BCUT2D eigenvalue weighted by Crippen LogP contribution is -2.07. The van der Waals surface area contributed by atoms with Crippen LogP contribution in [0.15, 0.2) is 0 Å². The van der Waals surface area contributed by atoms with Gasteiger partial charge in [-0.15, -0.1) is 25.3 Å². The number of carbonyl (C=O) groups excluding carboxylic acids is 1. The fourth-order valence-corrected chi connectivity index (χ4v) is 0. The summed E-state index contributed by atoms with van der Waals surface area (Å²) in [5, 5.41) is 8.55. The second-order valence-corrected chi connectivity index (χ2v) is 3.73. The van der Waals surface area contributed by atoms with Crippen LogP contribution in [0.3, 0.4) is 0 Å². The first-order valence-corrected chi connectivity index (χ1v) is 4.08. The van der Waals surface area contributed by atoms with Gasteiger partial charge in [0.1, 0.15) is 0 Å². The monoisotopic (exact) mass is 216 g/mol. The van der Waals surface area contributed by atoms with Crippen molar-refractivity contribution in [1.82, 2.24) is 0 Å². The highest BCUT2D eigenvalue weighted by Gasteiger charge is 2.08. The fraction of sp³-hybridized carbons (Fsp3) is 0.800. The zero-order valence-electron chi connectivity index (χ0n) is 6.31. The lowest BCUT2D eigenvalue weighted by molar-refractivity contribution is -0.130. The highest BCUT2D eigenvalue weighted by atomic mass is 32.2. The summed E-state index contributed by atoms with van der Waals surface area (Å²) in [5.41, 5.74) is 0. The molecule has 6 heteroatoms. The molecule has 3 nitrogen and oxygen atoms in total. The first-order chi connectivity index (χ1) is 4.83. The number of aliphatic hydroxyl groups is 1.